The van der Waals surface area contributed by atoms with Crippen LogP contribution in [0.4, 0.5) is 24.5 Å². The van der Waals surface area contributed by atoms with Gasteiger partial charge in [0.15, 0.2) is 11.6 Å². The summed E-state index contributed by atoms with van der Waals surface area (Å²) in [6, 6.07) is 7.56. The van der Waals surface area contributed by atoms with E-state index in [9.17, 15) is 18.0 Å². The first kappa shape index (κ1) is 15.9. The lowest BCUT2D eigenvalue weighted by molar-refractivity contribution is -0.115. The van der Waals surface area contributed by atoms with Gasteiger partial charge in [-0.05, 0) is 29.8 Å². The summed E-state index contributed by atoms with van der Waals surface area (Å²) < 4.78 is 40.4. The van der Waals surface area contributed by atoms with E-state index in [0.717, 1.165) is 12.1 Å². The first-order valence-corrected chi connectivity index (χ1v) is 6.57. The maximum absolute atomic E-state index is 13.8. The molecule has 0 aliphatic heterocycles. The van der Waals surface area contributed by atoms with Gasteiger partial charge in [0, 0.05) is 19.8 Å². The van der Waals surface area contributed by atoms with Crippen molar-refractivity contribution in [2.75, 3.05) is 24.3 Å². The number of carbonyl (C=O) groups excluding carboxylic acids is 1. The summed E-state index contributed by atoms with van der Waals surface area (Å²) in [7, 11) is 3.04. The second-order valence-electron chi connectivity index (χ2n) is 5.03. The molecule has 1 amide bonds. The zero-order valence-corrected chi connectivity index (χ0v) is 12.2. The molecule has 0 saturated heterocycles. The average molecular weight is 308 g/mol. The van der Waals surface area contributed by atoms with Crippen LogP contribution in [-0.4, -0.2) is 20.0 Å². The second kappa shape index (κ2) is 6.51. The molecule has 6 heteroatoms. The molecule has 2 aromatic carbocycles. The van der Waals surface area contributed by atoms with Crippen molar-refractivity contribution >= 4 is 17.3 Å². The first-order chi connectivity index (χ1) is 10.4. The Hall–Kier alpha value is -2.50. The van der Waals surface area contributed by atoms with Gasteiger partial charge < -0.3 is 10.2 Å². The number of nitrogens with one attached hydrogen (secondary N) is 1. The molecule has 0 unspecified atom stereocenters. The van der Waals surface area contributed by atoms with Crippen LogP contribution in [0.1, 0.15) is 5.56 Å². The van der Waals surface area contributed by atoms with Crippen molar-refractivity contribution in [3.8, 4) is 0 Å². The molecular weight excluding hydrogens is 293 g/mol. The molecular formula is C16H15F3N2O. The molecule has 0 radical (unpaired) electrons. The van der Waals surface area contributed by atoms with Crippen LogP contribution in [0.25, 0.3) is 0 Å². The molecule has 0 aliphatic rings. The average Bonchev–Trinajstić information content (AvgIpc) is 2.40. The minimum Gasteiger partial charge on any atom is -0.373 e. The number of carbonyl (C=O) groups is 1. The third kappa shape index (κ3) is 3.78. The van der Waals surface area contributed by atoms with E-state index in [1.165, 1.54) is 43.3 Å². The number of hydrogen-bond donors (Lipinski definition) is 1. The highest BCUT2D eigenvalue weighted by atomic mass is 19.1. The summed E-state index contributed by atoms with van der Waals surface area (Å²) in [6.07, 6.45) is -0.0149. The predicted molar refractivity (Wildman–Crippen MR) is 79.4 cm³/mol. The predicted octanol–water partition coefficient (Wildman–Crippen LogP) is 3.35. The number of anilines is 2. The van der Waals surface area contributed by atoms with Gasteiger partial charge in [0.1, 0.15) is 11.5 Å². The maximum Gasteiger partial charge on any atom is 0.228 e. The lowest BCUT2D eigenvalue weighted by atomic mass is 10.1. The Balaban J connectivity index is 2.10. The molecule has 3 nitrogen and oxygen atoms in total. The second-order valence-corrected chi connectivity index (χ2v) is 5.03. The van der Waals surface area contributed by atoms with Crippen LogP contribution in [0.5, 0.6) is 0 Å². The van der Waals surface area contributed by atoms with Gasteiger partial charge in [-0.2, -0.15) is 0 Å². The Morgan fingerprint density at radius 2 is 1.59 bits per heavy atom. The molecule has 2 rings (SSSR count). The normalized spacial score (nSPS) is 10.4. The van der Waals surface area contributed by atoms with Crippen LogP contribution >= 0.6 is 0 Å². The number of benzene rings is 2. The van der Waals surface area contributed by atoms with E-state index in [4.69, 9.17) is 0 Å². The molecule has 2 aromatic rings. The smallest absolute Gasteiger partial charge is 0.228 e. The van der Waals surface area contributed by atoms with E-state index in [0.29, 0.717) is 5.56 Å². The molecule has 0 fully saturated rings. The van der Waals surface area contributed by atoms with Crippen molar-refractivity contribution < 1.29 is 18.0 Å². The van der Waals surface area contributed by atoms with E-state index in [1.54, 1.807) is 0 Å². The molecule has 0 bridgehead atoms. The van der Waals surface area contributed by atoms with Crippen LogP contribution in [0.2, 0.25) is 0 Å². The monoisotopic (exact) mass is 308 g/mol. The zero-order chi connectivity index (χ0) is 16.3. The molecule has 0 aliphatic carbocycles. The lowest BCUT2D eigenvalue weighted by Crippen LogP contribution is -2.16. The van der Waals surface area contributed by atoms with Crippen molar-refractivity contribution in [3.05, 3.63) is 59.4 Å². The minimum atomic E-state index is -0.762. The van der Waals surface area contributed by atoms with Gasteiger partial charge in [-0.15, -0.1) is 0 Å². The van der Waals surface area contributed by atoms with Gasteiger partial charge >= 0.3 is 0 Å². The van der Waals surface area contributed by atoms with Crippen molar-refractivity contribution in [2.24, 2.45) is 0 Å². The summed E-state index contributed by atoms with van der Waals surface area (Å²) in [6.45, 7) is 0. The number of amides is 1. The molecule has 0 spiro atoms. The zero-order valence-electron chi connectivity index (χ0n) is 12.2. The van der Waals surface area contributed by atoms with Crippen LogP contribution < -0.4 is 10.2 Å². The Bertz CT molecular complexity index is 661. The highest BCUT2D eigenvalue weighted by Gasteiger charge is 2.14. The van der Waals surface area contributed by atoms with Gasteiger partial charge in [-0.1, -0.05) is 12.1 Å². The highest BCUT2D eigenvalue weighted by Crippen LogP contribution is 2.25. The van der Waals surface area contributed by atoms with Crippen LogP contribution in [0.3, 0.4) is 0 Å². The Morgan fingerprint density at radius 3 is 2.09 bits per heavy atom. The first-order valence-electron chi connectivity index (χ1n) is 6.57. The molecule has 0 heterocycles. The molecule has 22 heavy (non-hydrogen) atoms. The van der Waals surface area contributed by atoms with Crippen molar-refractivity contribution in [3.63, 3.8) is 0 Å². The van der Waals surface area contributed by atoms with Gasteiger partial charge in [0.05, 0.1) is 6.42 Å². The third-order valence-electron chi connectivity index (χ3n) is 3.03. The van der Waals surface area contributed by atoms with E-state index in [-0.39, 0.29) is 17.8 Å². The lowest BCUT2D eigenvalue weighted by Gasteiger charge is -2.15. The maximum atomic E-state index is 13.8. The van der Waals surface area contributed by atoms with E-state index in [2.05, 4.69) is 5.32 Å². The molecule has 0 aromatic heterocycles. The largest absolute Gasteiger partial charge is 0.373 e. The van der Waals surface area contributed by atoms with Gasteiger partial charge in [-0.3, -0.25) is 4.79 Å². The van der Waals surface area contributed by atoms with E-state index >= 15 is 0 Å². The summed E-state index contributed by atoms with van der Waals surface area (Å²) >= 11 is 0. The summed E-state index contributed by atoms with van der Waals surface area (Å²) in [5, 5.41) is 2.42. The number of rotatable bonds is 4. The van der Waals surface area contributed by atoms with Crippen LogP contribution in [-0.2, 0) is 11.2 Å². The fourth-order valence-electron chi connectivity index (χ4n) is 2.06. The van der Waals surface area contributed by atoms with Crippen molar-refractivity contribution in [1.82, 2.24) is 0 Å². The fraction of sp³-hybridized carbons (Fsp3) is 0.188. The van der Waals surface area contributed by atoms with Crippen molar-refractivity contribution in [1.29, 1.82) is 0 Å². The summed E-state index contributed by atoms with van der Waals surface area (Å²) in [5.74, 6) is -2.36. The summed E-state index contributed by atoms with van der Waals surface area (Å²) in [5.41, 5.74) is 0.467. The summed E-state index contributed by atoms with van der Waals surface area (Å²) in [4.78, 5) is 13.2. The SMILES string of the molecule is CN(C)c1c(F)cc(NC(=O)Cc2ccc(F)cc2)cc1F. The van der Waals surface area contributed by atoms with Gasteiger partial charge in [0.25, 0.3) is 0 Å². The number of halogens is 3. The fourth-order valence-corrected chi connectivity index (χ4v) is 2.06. The van der Waals surface area contributed by atoms with Crippen LogP contribution in [0.15, 0.2) is 36.4 Å². The topological polar surface area (TPSA) is 32.3 Å². The molecule has 1 N–H and O–H groups in total. The molecule has 0 atom stereocenters. The van der Waals surface area contributed by atoms with Crippen LogP contribution in [0, 0.1) is 17.5 Å². The van der Waals surface area contributed by atoms with Gasteiger partial charge in [-0.25, -0.2) is 13.2 Å². The minimum absolute atomic E-state index is 0.0149. The molecule has 0 saturated carbocycles. The highest BCUT2D eigenvalue weighted by molar-refractivity contribution is 5.92. The van der Waals surface area contributed by atoms with E-state index in [1.807, 2.05) is 0 Å². The Kier molecular flexibility index (Phi) is 4.70. The quantitative estimate of drug-likeness (QED) is 0.939. The molecule has 116 valence electrons. The van der Waals surface area contributed by atoms with Crippen molar-refractivity contribution in [2.45, 2.75) is 6.42 Å². The standard InChI is InChI=1S/C16H15F3N2O/c1-21(2)16-13(18)8-12(9-14(16)19)20-15(22)7-10-3-5-11(17)6-4-10/h3-6,8-9H,7H2,1-2H3,(H,20,22). The van der Waals surface area contributed by atoms with E-state index < -0.39 is 23.4 Å². The third-order valence-corrected chi connectivity index (χ3v) is 3.03. The Labute approximate surface area is 126 Å². The number of nitrogens with zero attached hydrogens (tertiary/aromatic N) is 1. The Morgan fingerprint density at radius 1 is 1.05 bits per heavy atom. The van der Waals surface area contributed by atoms with Gasteiger partial charge in [0.2, 0.25) is 5.91 Å². The number of hydrogen-bond acceptors (Lipinski definition) is 2.